The number of hydrogen-bond donors (Lipinski definition) is 1. The maximum Gasteiger partial charge on any atom is 0.241 e. The predicted octanol–water partition coefficient (Wildman–Crippen LogP) is 3.26. The van der Waals surface area contributed by atoms with Crippen LogP contribution in [0.5, 0.6) is 5.75 Å². The van der Waals surface area contributed by atoms with Gasteiger partial charge in [0.15, 0.2) is 0 Å². The van der Waals surface area contributed by atoms with Crippen LogP contribution in [0.3, 0.4) is 0 Å². The first kappa shape index (κ1) is 20.3. The molecule has 28 heavy (non-hydrogen) atoms. The molecule has 3 rings (SSSR count). The molecule has 0 aliphatic carbocycles. The van der Waals surface area contributed by atoms with Crippen LogP contribution in [0.15, 0.2) is 28.8 Å². The fourth-order valence-corrected chi connectivity index (χ4v) is 3.65. The molecule has 1 fully saturated rings. The van der Waals surface area contributed by atoms with E-state index in [0.29, 0.717) is 18.3 Å². The highest BCUT2D eigenvalue weighted by Gasteiger charge is 2.27. The van der Waals surface area contributed by atoms with E-state index < -0.39 is 0 Å². The van der Waals surface area contributed by atoms with Gasteiger partial charge in [-0.3, -0.25) is 9.69 Å². The number of hydrogen-bond acceptors (Lipinski definition) is 6. The first-order valence-corrected chi connectivity index (χ1v) is 10.1. The van der Waals surface area contributed by atoms with Crippen molar-refractivity contribution in [3.63, 3.8) is 0 Å². The Labute approximate surface area is 166 Å². The highest BCUT2D eigenvalue weighted by Crippen LogP contribution is 2.22. The zero-order chi connectivity index (χ0) is 19.9. The minimum Gasteiger partial charge on any atom is -0.497 e. The van der Waals surface area contributed by atoms with Crippen molar-refractivity contribution in [2.24, 2.45) is 5.92 Å². The van der Waals surface area contributed by atoms with Crippen molar-refractivity contribution in [1.82, 2.24) is 20.4 Å². The molecule has 1 saturated heterocycles. The van der Waals surface area contributed by atoms with E-state index in [1.807, 2.05) is 24.3 Å². The van der Waals surface area contributed by atoms with E-state index in [-0.39, 0.29) is 17.9 Å². The van der Waals surface area contributed by atoms with Crippen LogP contribution >= 0.6 is 0 Å². The lowest BCUT2D eigenvalue weighted by Gasteiger charge is -2.31. The topological polar surface area (TPSA) is 80.5 Å². The average molecular weight is 386 g/mol. The van der Waals surface area contributed by atoms with Crippen molar-refractivity contribution in [2.45, 2.75) is 52.1 Å². The summed E-state index contributed by atoms with van der Waals surface area (Å²) in [6.07, 6.45) is 4.02. The van der Waals surface area contributed by atoms with E-state index in [1.54, 1.807) is 7.11 Å². The smallest absolute Gasteiger partial charge is 0.241 e. The highest BCUT2D eigenvalue weighted by atomic mass is 16.5. The molecule has 2 heterocycles. The van der Waals surface area contributed by atoms with Gasteiger partial charge in [0.2, 0.25) is 17.6 Å². The van der Waals surface area contributed by atoms with Crippen molar-refractivity contribution in [1.29, 1.82) is 0 Å². The van der Waals surface area contributed by atoms with Crippen molar-refractivity contribution in [3.05, 3.63) is 30.2 Å². The number of methoxy groups -OCH3 is 1. The largest absolute Gasteiger partial charge is 0.497 e. The molecule has 1 aliphatic rings. The second kappa shape index (κ2) is 9.68. The monoisotopic (exact) mass is 386 g/mol. The number of likely N-dealkylation sites (tertiary alicyclic amines) is 1. The van der Waals surface area contributed by atoms with Crippen LogP contribution in [0.4, 0.5) is 0 Å². The molecule has 2 unspecified atom stereocenters. The van der Waals surface area contributed by atoms with Gasteiger partial charge in [-0.1, -0.05) is 18.5 Å². The molecule has 1 aromatic carbocycles. The molecule has 0 saturated carbocycles. The Hall–Kier alpha value is -2.41. The van der Waals surface area contributed by atoms with Crippen molar-refractivity contribution < 1.29 is 14.1 Å². The van der Waals surface area contributed by atoms with E-state index in [2.05, 4.69) is 34.2 Å². The van der Waals surface area contributed by atoms with Crippen LogP contribution in [0.25, 0.3) is 11.4 Å². The van der Waals surface area contributed by atoms with Gasteiger partial charge in [-0.25, -0.2) is 0 Å². The first-order valence-electron chi connectivity index (χ1n) is 10.1. The van der Waals surface area contributed by atoms with E-state index in [4.69, 9.17) is 9.26 Å². The lowest BCUT2D eigenvalue weighted by atomic mass is 9.96. The van der Waals surface area contributed by atoms with Crippen LogP contribution in [-0.4, -0.2) is 47.2 Å². The number of nitrogens with zero attached hydrogens (tertiary/aromatic N) is 3. The fraction of sp³-hybridized carbons (Fsp3) is 0.571. The van der Waals surface area contributed by atoms with E-state index in [1.165, 1.54) is 0 Å². The van der Waals surface area contributed by atoms with Gasteiger partial charge in [-0.15, -0.1) is 0 Å². The maximum atomic E-state index is 12.5. The molecule has 1 aliphatic heterocycles. The van der Waals surface area contributed by atoms with Crippen molar-refractivity contribution >= 4 is 5.91 Å². The third-order valence-corrected chi connectivity index (χ3v) is 5.16. The molecule has 0 spiro atoms. The molecular weight excluding hydrogens is 356 g/mol. The Morgan fingerprint density at radius 2 is 2.18 bits per heavy atom. The number of carbonyl (C=O) groups excluding carboxylic acids is 1. The molecule has 2 atom stereocenters. The summed E-state index contributed by atoms with van der Waals surface area (Å²) < 4.78 is 10.6. The summed E-state index contributed by atoms with van der Waals surface area (Å²) in [5.74, 6) is 2.12. The first-order chi connectivity index (χ1) is 13.6. The van der Waals surface area contributed by atoms with Gasteiger partial charge in [0.1, 0.15) is 5.75 Å². The van der Waals surface area contributed by atoms with Crippen molar-refractivity contribution in [3.8, 4) is 17.1 Å². The number of aromatic nitrogens is 2. The maximum absolute atomic E-state index is 12.5. The second-order valence-corrected chi connectivity index (χ2v) is 7.51. The van der Waals surface area contributed by atoms with Crippen LogP contribution in [-0.2, 0) is 11.3 Å². The van der Waals surface area contributed by atoms with Gasteiger partial charge < -0.3 is 14.6 Å². The Morgan fingerprint density at radius 1 is 1.39 bits per heavy atom. The Balaban J connectivity index is 1.56. The summed E-state index contributed by atoms with van der Waals surface area (Å²) in [5.41, 5.74) is 0.886. The summed E-state index contributed by atoms with van der Waals surface area (Å²) in [7, 11) is 1.64. The molecule has 1 amide bonds. The lowest BCUT2D eigenvalue weighted by Crippen LogP contribution is -2.45. The highest BCUT2D eigenvalue weighted by molar-refractivity contribution is 5.79. The quantitative estimate of drug-likeness (QED) is 0.750. The zero-order valence-electron chi connectivity index (χ0n) is 17.0. The minimum atomic E-state index is 0.0250. The molecule has 152 valence electrons. The average Bonchev–Trinajstić information content (AvgIpc) is 3.17. The Kier molecular flexibility index (Phi) is 7.03. The van der Waals surface area contributed by atoms with Gasteiger partial charge in [0, 0.05) is 18.2 Å². The molecule has 1 N–H and O–H groups in total. The summed E-state index contributed by atoms with van der Waals surface area (Å²) in [4.78, 5) is 19.3. The van der Waals surface area contributed by atoms with E-state index in [9.17, 15) is 4.79 Å². The van der Waals surface area contributed by atoms with Gasteiger partial charge in [0.05, 0.1) is 19.6 Å². The zero-order valence-corrected chi connectivity index (χ0v) is 17.0. The van der Waals surface area contributed by atoms with Crippen LogP contribution in [0, 0.1) is 5.92 Å². The number of benzene rings is 1. The number of ether oxygens (including phenoxy) is 1. The predicted molar refractivity (Wildman–Crippen MR) is 107 cm³/mol. The normalized spacial score (nSPS) is 18.6. The molecule has 1 aromatic heterocycles. The third kappa shape index (κ3) is 5.32. The number of piperidine rings is 1. The molecule has 0 radical (unpaired) electrons. The Bertz CT molecular complexity index is 759. The number of amides is 1. The van der Waals surface area contributed by atoms with Crippen LogP contribution < -0.4 is 10.1 Å². The second-order valence-electron chi connectivity index (χ2n) is 7.51. The van der Waals surface area contributed by atoms with E-state index in [0.717, 1.165) is 50.1 Å². The number of nitrogens with one attached hydrogen (secondary N) is 1. The lowest BCUT2D eigenvalue weighted by molar-refractivity contribution is -0.127. The Morgan fingerprint density at radius 3 is 2.89 bits per heavy atom. The number of rotatable bonds is 8. The molecular formula is C21H30N4O3. The van der Waals surface area contributed by atoms with Gasteiger partial charge >= 0.3 is 0 Å². The SMILES string of the molecule is CCCC(C)NC(=O)C1CCCN(Cc2nc(-c3ccc(OC)cc3)no2)C1. The molecule has 7 nitrogen and oxygen atoms in total. The van der Waals surface area contributed by atoms with Crippen LogP contribution in [0.1, 0.15) is 45.4 Å². The van der Waals surface area contributed by atoms with Crippen LogP contribution in [0.2, 0.25) is 0 Å². The van der Waals surface area contributed by atoms with Gasteiger partial charge in [-0.2, -0.15) is 4.98 Å². The molecule has 7 heteroatoms. The summed E-state index contributed by atoms with van der Waals surface area (Å²) >= 11 is 0. The minimum absolute atomic E-state index is 0.0250. The summed E-state index contributed by atoms with van der Waals surface area (Å²) in [5, 5.41) is 7.23. The van der Waals surface area contributed by atoms with Crippen molar-refractivity contribution in [2.75, 3.05) is 20.2 Å². The standard InChI is InChI=1S/C21H30N4O3/c1-4-6-15(2)22-21(26)17-7-5-12-25(13-17)14-19-23-20(24-28-19)16-8-10-18(27-3)11-9-16/h8-11,15,17H,4-7,12-14H2,1-3H3,(H,22,26). The number of carbonyl (C=O) groups is 1. The third-order valence-electron chi connectivity index (χ3n) is 5.16. The van der Waals surface area contributed by atoms with Gasteiger partial charge in [0.25, 0.3) is 0 Å². The summed E-state index contributed by atoms with van der Waals surface area (Å²) in [6.45, 7) is 6.44. The van der Waals surface area contributed by atoms with E-state index >= 15 is 0 Å². The fourth-order valence-electron chi connectivity index (χ4n) is 3.65. The van der Waals surface area contributed by atoms with Gasteiger partial charge in [-0.05, 0) is 57.0 Å². The summed E-state index contributed by atoms with van der Waals surface area (Å²) in [6, 6.07) is 7.80. The molecule has 0 bridgehead atoms. The molecule has 2 aromatic rings.